The molecule has 0 aliphatic heterocycles. The first-order valence-electron chi connectivity index (χ1n) is 6.76. The summed E-state index contributed by atoms with van der Waals surface area (Å²) in [6.07, 6.45) is 0. The van der Waals surface area contributed by atoms with E-state index in [1.807, 2.05) is 24.3 Å². The standard InChI is InChI=1S/C17H13N3O2/c21-16-12-11-15(17(22)18-13-7-3-1-4-8-13)19-20(16)14-9-5-2-6-10-14/h1-12H,(H,18,22). The molecule has 3 aromatic rings. The van der Waals surface area contributed by atoms with Gasteiger partial charge in [-0.15, -0.1) is 0 Å². The molecule has 3 rings (SSSR count). The number of nitrogens with one attached hydrogen (secondary N) is 1. The van der Waals surface area contributed by atoms with Crippen LogP contribution < -0.4 is 10.9 Å². The van der Waals surface area contributed by atoms with Crippen LogP contribution in [-0.2, 0) is 0 Å². The number of hydrogen-bond acceptors (Lipinski definition) is 3. The summed E-state index contributed by atoms with van der Waals surface area (Å²) in [5.41, 5.74) is 1.17. The molecule has 0 spiro atoms. The van der Waals surface area contributed by atoms with Gasteiger partial charge in [0.2, 0.25) is 0 Å². The maximum Gasteiger partial charge on any atom is 0.276 e. The molecule has 0 bridgehead atoms. The third-order valence-electron chi connectivity index (χ3n) is 3.07. The quantitative estimate of drug-likeness (QED) is 0.806. The second kappa shape index (κ2) is 6.05. The van der Waals surface area contributed by atoms with Crippen LogP contribution >= 0.6 is 0 Å². The van der Waals surface area contributed by atoms with Crippen molar-refractivity contribution in [2.24, 2.45) is 0 Å². The fraction of sp³-hybridized carbons (Fsp3) is 0. The van der Waals surface area contributed by atoms with E-state index in [-0.39, 0.29) is 17.2 Å². The Hall–Kier alpha value is -3.21. The Kier molecular flexibility index (Phi) is 3.78. The Morgan fingerprint density at radius 1 is 0.864 bits per heavy atom. The molecule has 1 amide bonds. The highest BCUT2D eigenvalue weighted by Crippen LogP contribution is 2.08. The van der Waals surface area contributed by atoms with E-state index in [1.54, 1.807) is 36.4 Å². The van der Waals surface area contributed by atoms with Crippen LogP contribution in [0.5, 0.6) is 0 Å². The van der Waals surface area contributed by atoms with Crippen molar-refractivity contribution in [3.8, 4) is 5.69 Å². The number of nitrogens with zero attached hydrogens (tertiary/aromatic N) is 2. The molecule has 1 heterocycles. The molecule has 22 heavy (non-hydrogen) atoms. The first kappa shape index (κ1) is 13.8. The molecule has 0 aliphatic rings. The molecular weight excluding hydrogens is 278 g/mol. The van der Waals surface area contributed by atoms with Crippen LogP contribution in [-0.4, -0.2) is 15.7 Å². The predicted octanol–water partition coefficient (Wildman–Crippen LogP) is 2.48. The Morgan fingerprint density at radius 3 is 2.18 bits per heavy atom. The molecule has 0 aliphatic carbocycles. The summed E-state index contributed by atoms with van der Waals surface area (Å²) in [6.45, 7) is 0. The Bertz CT molecular complexity index is 843. The van der Waals surface area contributed by atoms with E-state index in [0.717, 1.165) is 0 Å². The molecule has 0 saturated heterocycles. The molecule has 5 heteroatoms. The minimum Gasteiger partial charge on any atom is -0.321 e. The number of benzene rings is 2. The predicted molar refractivity (Wildman–Crippen MR) is 84.2 cm³/mol. The van der Waals surface area contributed by atoms with Crippen molar-refractivity contribution in [2.75, 3.05) is 5.32 Å². The van der Waals surface area contributed by atoms with Gasteiger partial charge in [0.1, 0.15) is 5.69 Å². The zero-order chi connectivity index (χ0) is 15.4. The summed E-state index contributed by atoms with van der Waals surface area (Å²) in [4.78, 5) is 24.1. The van der Waals surface area contributed by atoms with Gasteiger partial charge >= 0.3 is 0 Å². The van der Waals surface area contributed by atoms with Crippen LogP contribution in [0.2, 0.25) is 0 Å². The fourth-order valence-electron chi connectivity index (χ4n) is 2.00. The lowest BCUT2D eigenvalue weighted by Crippen LogP contribution is -2.24. The number of amides is 1. The van der Waals surface area contributed by atoms with Crippen molar-refractivity contribution in [2.45, 2.75) is 0 Å². The van der Waals surface area contributed by atoms with E-state index < -0.39 is 0 Å². The number of carbonyl (C=O) groups excluding carboxylic acids is 1. The monoisotopic (exact) mass is 291 g/mol. The minimum atomic E-state index is -0.365. The van der Waals surface area contributed by atoms with Gasteiger partial charge in [-0.05, 0) is 30.3 Å². The van der Waals surface area contributed by atoms with Gasteiger partial charge in [-0.3, -0.25) is 9.59 Å². The van der Waals surface area contributed by atoms with Crippen molar-refractivity contribution < 1.29 is 4.79 Å². The third kappa shape index (κ3) is 2.93. The van der Waals surface area contributed by atoms with E-state index in [9.17, 15) is 9.59 Å². The molecule has 1 N–H and O–H groups in total. The molecule has 0 radical (unpaired) electrons. The van der Waals surface area contributed by atoms with E-state index in [2.05, 4.69) is 10.4 Å². The molecule has 0 atom stereocenters. The highest BCUT2D eigenvalue weighted by atomic mass is 16.2. The zero-order valence-corrected chi connectivity index (χ0v) is 11.6. The molecule has 5 nitrogen and oxygen atoms in total. The summed E-state index contributed by atoms with van der Waals surface area (Å²) in [5.74, 6) is -0.365. The molecule has 108 valence electrons. The lowest BCUT2D eigenvalue weighted by atomic mass is 10.3. The highest BCUT2D eigenvalue weighted by molar-refractivity contribution is 6.02. The SMILES string of the molecule is O=C(Nc1ccccc1)c1ccc(=O)n(-c2ccccc2)n1. The number of para-hydroxylation sites is 2. The van der Waals surface area contributed by atoms with Gasteiger partial charge in [-0.2, -0.15) is 9.78 Å². The molecule has 1 aromatic heterocycles. The first-order chi connectivity index (χ1) is 10.7. The summed E-state index contributed by atoms with van der Waals surface area (Å²) in [7, 11) is 0. The molecule has 0 unspecified atom stereocenters. The maximum atomic E-state index is 12.2. The van der Waals surface area contributed by atoms with Crippen molar-refractivity contribution in [1.82, 2.24) is 9.78 Å². The van der Waals surface area contributed by atoms with E-state index in [4.69, 9.17) is 0 Å². The number of anilines is 1. The first-order valence-corrected chi connectivity index (χ1v) is 6.76. The van der Waals surface area contributed by atoms with Gasteiger partial charge in [0.15, 0.2) is 0 Å². The molecule has 0 saturated carbocycles. The topological polar surface area (TPSA) is 64.0 Å². The summed E-state index contributed by atoms with van der Waals surface area (Å²) < 4.78 is 1.21. The van der Waals surface area contributed by atoms with E-state index >= 15 is 0 Å². The van der Waals surface area contributed by atoms with E-state index in [0.29, 0.717) is 11.4 Å². The number of aromatic nitrogens is 2. The zero-order valence-electron chi connectivity index (χ0n) is 11.6. The number of carbonyl (C=O) groups is 1. The third-order valence-corrected chi connectivity index (χ3v) is 3.07. The van der Waals surface area contributed by atoms with Gasteiger partial charge in [-0.25, -0.2) is 0 Å². The Labute approximate surface area is 126 Å². The molecule has 0 fully saturated rings. The van der Waals surface area contributed by atoms with E-state index in [1.165, 1.54) is 16.8 Å². The number of hydrogen-bond donors (Lipinski definition) is 1. The highest BCUT2D eigenvalue weighted by Gasteiger charge is 2.10. The van der Waals surface area contributed by atoms with Gasteiger partial charge in [0, 0.05) is 11.8 Å². The van der Waals surface area contributed by atoms with Gasteiger partial charge in [-0.1, -0.05) is 36.4 Å². The van der Waals surface area contributed by atoms with Crippen LogP contribution in [0.25, 0.3) is 5.69 Å². The van der Waals surface area contributed by atoms with Gasteiger partial charge in [0.05, 0.1) is 5.69 Å². The average molecular weight is 291 g/mol. The molecular formula is C17H13N3O2. The molecule has 2 aromatic carbocycles. The van der Waals surface area contributed by atoms with Crippen molar-refractivity contribution in [3.05, 3.63) is 88.8 Å². The Balaban J connectivity index is 1.92. The fourth-order valence-corrected chi connectivity index (χ4v) is 2.00. The largest absolute Gasteiger partial charge is 0.321 e. The smallest absolute Gasteiger partial charge is 0.276 e. The maximum absolute atomic E-state index is 12.2. The van der Waals surface area contributed by atoms with Gasteiger partial charge < -0.3 is 5.32 Å². The number of rotatable bonds is 3. The van der Waals surface area contributed by atoms with Crippen molar-refractivity contribution >= 4 is 11.6 Å². The van der Waals surface area contributed by atoms with Gasteiger partial charge in [0.25, 0.3) is 11.5 Å². The average Bonchev–Trinajstić information content (AvgIpc) is 2.57. The Morgan fingerprint density at radius 2 is 1.50 bits per heavy atom. The van der Waals surface area contributed by atoms with Crippen molar-refractivity contribution in [1.29, 1.82) is 0 Å². The van der Waals surface area contributed by atoms with Crippen LogP contribution in [0.3, 0.4) is 0 Å². The lowest BCUT2D eigenvalue weighted by molar-refractivity contribution is 0.102. The van der Waals surface area contributed by atoms with Crippen molar-refractivity contribution in [3.63, 3.8) is 0 Å². The van der Waals surface area contributed by atoms with Crippen LogP contribution in [0.4, 0.5) is 5.69 Å². The summed E-state index contributed by atoms with van der Waals surface area (Å²) in [5, 5.41) is 6.87. The summed E-state index contributed by atoms with van der Waals surface area (Å²) >= 11 is 0. The second-order valence-electron chi connectivity index (χ2n) is 4.62. The summed E-state index contributed by atoms with van der Waals surface area (Å²) in [6, 6.07) is 20.8. The minimum absolute atomic E-state index is 0.173. The van der Waals surface area contributed by atoms with Crippen LogP contribution in [0.15, 0.2) is 77.6 Å². The normalized spacial score (nSPS) is 10.2. The lowest BCUT2D eigenvalue weighted by Gasteiger charge is -2.07. The van der Waals surface area contributed by atoms with Crippen LogP contribution in [0, 0.1) is 0 Å². The second-order valence-corrected chi connectivity index (χ2v) is 4.62. The van der Waals surface area contributed by atoms with Crippen LogP contribution in [0.1, 0.15) is 10.5 Å².